The van der Waals surface area contributed by atoms with Crippen LogP contribution in [0, 0.1) is 13.8 Å². The first-order chi connectivity index (χ1) is 13.5. The number of hydrogen-bond acceptors (Lipinski definition) is 5. The van der Waals surface area contributed by atoms with Crippen molar-refractivity contribution in [1.82, 2.24) is 14.7 Å². The third-order valence-electron chi connectivity index (χ3n) is 5.49. The number of piperazine rings is 1. The molecule has 0 aliphatic carbocycles. The van der Waals surface area contributed by atoms with Crippen molar-refractivity contribution in [3.63, 3.8) is 0 Å². The van der Waals surface area contributed by atoms with Gasteiger partial charge in [-0.15, -0.1) is 0 Å². The molecule has 1 aromatic heterocycles. The zero-order valence-corrected chi connectivity index (χ0v) is 17.0. The van der Waals surface area contributed by atoms with E-state index in [1.807, 2.05) is 6.92 Å². The van der Waals surface area contributed by atoms with E-state index < -0.39 is 0 Å². The first-order valence-corrected chi connectivity index (χ1v) is 10.0. The lowest BCUT2D eigenvalue weighted by Crippen LogP contribution is -2.46. The van der Waals surface area contributed by atoms with Crippen LogP contribution in [0.1, 0.15) is 29.7 Å². The van der Waals surface area contributed by atoms with Crippen LogP contribution in [-0.4, -0.2) is 47.4 Å². The van der Waals surface area contributed by atoms with Gasteiger partial charge in [-0.1, -0.05) is 30.4 Å². The Labute approximate surface area is 167 Å². The van der Waals surface area contributed by atoms with Gasteiger partial charge in [0.05, 0.1) is 5.69 Å². The Morgan fingerprint density at radius 1 is 1.07 bits per heavy atom. The normalized spacial score (nSPS) is 15.0. The molecule has 2 aromatic rings. The van der Waals surface area contributed by atoms with E-state index in [2.05, 4.69) is 52.7 Å². The van der Waals surface area contributed by atoms with Crippen molar-refractivity contribution >= 4 is 17.5 Å². The number of nitrogens with two attached hydrogens (primary N) is 1. The van der Waals surface area contributed by atoms with Crippen LogP contribution in [0.4, 0.5) is 11.4 Å². The second-order valence-electron chi connectivity index (χ2n) is 7.52. The van der Waals surface area contributed by atoms with Gasteiger partial charge >= 0.3 is 0 Å². The van der Waals surface area contributed by atoms with E-state index in [9.17, 15) is 4.79 Å². The Balaban J connectivity index is 1.44. The summed E-state index contributed by atoms with van der Waals surface area (Å²) in [6.07, 6.45) is 3.55. The second kappa shape index (κ2) is 9.06. The van der Waals surface area contributed by atoms with E-state index in [0.717, 1.165) is 51.3 Å². The lowest BCUT2D eigenvalue weighted by atomic mass is 10.2. The van der Waals surface area contributed by atoms with Crippen LogP contribution in [0.3, 0.4) is 0 Å². The summed E-state index contributed by atoms with van der Waals surface area (Å²) in [5.41, 5.74) is 9.96. The lowest BCUT2D eigenvalue weighted by Gasteiger charge is -2.36. The Morgan fingerprint density at radius 3 is 2.36 bits per heavy atom. The van der Waals surface area contributed by atoms with Crippen LogP contribution >= 0.6 is 0 Å². The number of rotatable bonds is 7. The molecule has 0 radical (unpaired) electrons. The first-order valence-electron chi connectivity index (χ1n) is 10.0. The molecule has 0 atom stereocenters. The summed E-state index contributed by atoms with van der Waals surface area (Å²) < 4.78 is 1.49. The summed E-state index contributed by atoms with van der Waals surface area (Å²) in [4.78, 5) is 17.3. The van der Waals surface area contributed by atoms with Gasteiger partial charge in [-0.05, 0) is 45.4 Å². The van der Waals surface area contributed by atoms with Gasteiger partial charge in [0.2, 0.25) is 0 Å². The third-order valence-corrected chi connectivity index (χ3v) is 5.49. The first kappa shape index (κ1) is 20.1. The quantitative estimate of drug-likeness (QED) is 0.747. The monoisotopic (exact) mass is 381 g/mol. The predicted molar refractivity (Wildman–Crippen MR) is 117 cm³/mol. The van der Waals surface area contributed by atoms with Crippen LogP contribution in [0.15, 0.2) is 35.6 Å². The molecule has 6 heteroatoms. The topological polar surface area (TPSA) is 67.4 Å². The minimum Gasteiger partial charge on any atom is -0.394 e. The van der Waals surface area contributed by atoms with Crippen molar-refractivity contribution in [2.45, 2.75) is 33.2 Å². The maximum Gasteiger partial charge on any atom is 0.290 e. The van der Waals surface area contributed by atoms with Gasteiger partial charge in [-0.3, -0.25) is 9.69 Å². The average molecular weight is 382 g/mol. The van der Waals surface area contributed by atoms with Gasteiger partial charge in [0.1, 0.15) is 5.69 Å². The number of unbranched alkanes of at least 4 members (excludes halogenated alkanes) is 1. The highest BCUT2D eigenvalue weighted by atomic mass is 16.1. The number of benzene rings is 1. The summed E-state index contributed by atoms with van der Waals surface area (Å²) in [5.74, 6) is 0. The fourth-order valence-corrected chi connectivity index (χ4v) is 3.72. The van der Waals surface area contributed by atoms with Gasteiger partial charge in [-0.25, -0.2) is 4.68 Å². The van der Waals surface area contributed by atoms with E-state index >= 15 is 0 Å². The van der Waals surface area contributed by atoms with Crippen molar-refractivity contribution < 1.29 is 0 Å². The molecule has 0 bridgehead atoms. The van der Waals surface area contributed by atoms with E-state index in [-0.39, 0.29) is 11.2 Å². The smallest absolute Gasteiger partial charge is 0.290 e. The van der Waals surface area contributed by atoms with E-state index in [4.69, 9.17) is 5.73 Å². The Kier molecular flexibility index (Phi) is 6.52. The maximum absolute atomic E-state index is 12.3. The third kappa shape index (κ3) is 4.62. The molecule has 28 heavy (non-hydrogen) atoms. The molecule has 150 valence electrons. The van der Waals surface area contributed by atoms with Crippen LogP contribution in [0.25, 0.3) is 6.08 Å². The van der Waals surface area contributed by atoms with Crippen molar-refractivity contribution in [1.29, 1.82) is 0 Å². The average Bonchev–Trinajstić information content (AvgIpc) is 2.70. The number of nitrogen functional groups attached to an aromatic ring is 1. The minimum atomic E-state index is -0.216. The van der Waals surface area contributed by atoms with E-state index in [1.54, 1.807) is 6.08 Å². The highest BCUT2D eigenvalue weighted by Crippen LogP contribution is 2.17. The summed E-state index contributed by atoms with van der Waals surface area (Å²) in [7, 11) is 0. The molecule has 0 saturated carbocycles. The molecule has 2 heterocycles. The van der Waals surface area contributed by atoms with Gasteiger partial charge in [0.25, 0.3) is 5.56 Å². The largest absolute Gasteiger partial charge is 0.394 e. The van der Waals surface area contributed by atoms with Gasteiger partial charge in [-0.2, -0.15) is 5.10 Å². The Hall–Kier alpha value is -2.60. The second-order valence-corrected chi connectivity index (χ2v) is 7.52. The van der Waals surface area contributed by atoms with Crippen molar-refractivity contribution in [2.24, 2.45) is 0 Å². The number of hydrogen-bond donors (Lipinski definition) is 1. The minimum absolute atomic E-state index is 0.216. The molecule has 1 fully saturated rings. The molecule has 2 N–H and O–H groups in total. The number of aromatic nitrogens is 2. The van der Waals surface area contributed by atoms with Crippen molar-refractivity contribution in [3.05, 3.63) is 58.0 Å². The molecule has 1 aliphatic rings. The molecule has 6 nitrogen and oxygen atoms in total. The lowest BCUT2D eigenvalue weighted by molar-refractivity contribution is 0.250. The fraction of sp³-hybridized carbons (Fsp3) is 0.455. The number of aryl methyl sites for hydroxylation is 3. The predicted octanol–water partition coefficient (Wildman–Crippen LogP) is 2.69. The highest BCUT2D eigenvalue weighted by molar-refractivity contribution is 5.63. The number of nitrogens with zero attached hydrogens (tertiary/aromatic N) is 4. The molecule has 3 rings (SSSR count). The molecule has 1 aliphatic heterocycles. The van der Waals surface area contributed by atoms with Crippen molar-refractivity contribution in [2.75, 3.05) is 43.4 Å². The molecule has 0 unspecified atom stereocenters. The van der Waals surface area contributed by atoms with E-state index in [1.165, 1.54) is 15.9 Å². The van der Waals surface area contributed by atoms with E-state index in [0.29, 0.717) is 12.1 Å². The van der Waals surface area contributed by atoms with Crippen LogP contribution in [0.5, 0.6) is 0 Å². The SMILES string of the molecule is C=Cc1c(C)nn(CCCCN2CCN(c3ccc(C)cc3)CC2)c(=O)c1N. The van der Waals surface area contributed by atoms with Gasteiger partial charge in [0.15, 0.2) is 0 Å². The standard InChI is InChI=1S/C22H31N5O/c1-4-20-18(3)24-27(22(28)21(20)23)12-6-5-11-25-13-15-26(16-14-25)19-9-7-17(2)8-10-19/h4,7-10H,1,5-6,11-16,23H2,2-3H3. The molecule has 1 saturated heterocycles. The molecule has 0 amide bonds. The summed E-state index contributed by atoms with van der Waals surface area (Å²) in [6.45, 7) is 13.6. The van der Waals surface area contributed by atoms with Crippen LogP contribution in [0.2, 0.25) is 0 Å². The Morgan fingerprint density at radius 2 is 1.71 bits per heavy atom. The maximum atomic E-state index is 12.3. The summed E-state index contributed by atoms with van der Waals surface area (Å²) in [5, 5.41) is 4.37. The summed E-state index contributed by atoms with van der Waals surface area (Å²) in [6, 6.07) is 8.77. The van der Waals surface area contributed by atoms with Gasteiger partial charge in [0, 0.05) is 44.0 Å². The molecule has 1 aromatic carbocycles. The molecule has 0 spiro atoms. The van der Waals surface area contributed by atoms with Gasteiger partial charge < -0.3 is 10.6 Å². The fourth-order valence-electron chi connectivity index (χ4n) is 3.72. The van der Waals surface area contributed by atoms with Crippen LogP contribution < -0.4 is 16.2 Å². The van der Waals surface area contributed by atoms with Crippen LogP contribution in [-0.2, 0) is 6.54 Å². The summed E-state index contributed by atoms with van der Waals surface area (Å²) >= 11 is 0. The Bertz CT molecular complexity index is 864. The zero-order chi connectivity index (χ0) is 20.1. The van der Waals surface area contributed by atoms with Crippen molar-refractivity contribution in [3.8, 4) is 0 Å². The molecular formula is C22H31N5O. The molecular weight excluding hydrogens is 350 g/mol. The number of anilines is 2. The zero-order valence-electron chi connectivity index (χ0n) is 17.0. The highest BCUT2D eigenvalue weighted by Gasteiger charge is 2.17.